The first-order valence-corrected chi connectivity index (χ1v) is 7.12. The average molecular weight is 294 g/mol. The van der Waals surface area contributed by atoms with E-state index in [4.69, 9.17) is 0 Å². The first kappa shape index (κ1) is 15.6. The largest absolute Gasteiger partial charge is 0.335 e. The second-order valence-electron chi connectivity index (χ2n) is 5.34. The summed E-state index contributed by atoms with van der Waals surface area (Å²) < 4.78 is 26.6. The fraction of sp³-hybridized carbons (Fsp3) is 0.438. The van der Waals surface area contributed by atoms with Crippen molar-refractivity contribution < 1.29 is 13.6 Å². The van der Waals surface area contributed by atoms with Crippen molar-refractivity contribution in [2.45, 2.75) is 25.8 Å². The SMILES string of the molecule is CNCC1CCCN1C(=O)/C=C(/C)c1ccc(F)cc1F. The lowest BCUT2D eigenvalue weighted by molar-refractivity contribution is -0.126. The zero-order valence-electron chi connectivity index (χ0n) is 12.3. The van der Waals surface area contributed by atoms with Crippen LogP contribution >= 0.6 is 0 Å². The van der Waals surface area contributed by atoms with E-state index in [1.54, 1.807) is 11.8 Å². The van der Waals surface area contributed by atoms with Crippen LogP contribution in [0.3, 0.4) is 0 Å². The van der Waals surface area contributed by atoms with Crippen LogP contribution in [0.25, 0.3) is 5.57 Å². The number of carbonyl (C=O) groups is 1. The highest BCUT2D eigenvalue weighted by Gasteiger charge is 2.27. The van der Waals surface area contributed by atoms with Crippen molar-refractivity contribution in [1.82, 2.24) is 10.2 Å². The van der Waals surface area contributed by atoms with Gasteiger partial charge < -0.3 is 10.2 Å². The van der Waals surface area contributed by atoms with E-state index in [-0.39, 0.29) is 17.5 Å². The molecule has 1 unspecified atom stereocenters. The minimum Gasteiger partial charge on any atom is -0.335 e. The van der Waals surface area contributed by atoms with Gasteiger partial charge in [0, 0.05) is 36.8 Å². The van der Waals surface area contributed by atoms with Crippen molar-refractivity contribution in [2.24, 2.45) is 0 Å². The summed E-state index contributed by atoms with van der Waals surface area (Å²) >= 11 is 0. The van der Waals surface area contributed by atoms with Crippen LogP contribution in [0.2, 0.25) is 0 Å². The van der Waals surface area contributed by atoms with Gasteiger partial charge in [-0.25, -0.2) is 8.78 Å². The van der Waals surface area contributed by atoms with E-state index in [0.29, 0.717) is 5.57 Å². The summed E-state index contributed by atoms with van der Waals surface area (Å²) in [4.78, 5) is 14.1. The summed E-state index contributed by atoms with van der Waals surface area (Å²) in [5.74, 6) is -1.39. The molecular formula is C16H20F2N2O. The Labute approximate surface area is 123 Å². The minimum absolute atomic E-state index is 0.117. The van der Waals surface area contributed by atoms with Gasteiger partial charge in [-0.15, -0.1) is 0 Å². The minimum atomic E-state index is -0.648. The molecule has 0 radical (unpaired) electrons. The van der Waals surface area contributed by atoms with Crippen LogP contribution in [0.1, 0.15) is 25.3 Å². The summed E-state index contributed by atoms with van der Waals surface area (Å²) in [7, 11) is 1.86. The number of likely N-dealkylation sites (N-methyl/N-ethyl adjacent to an activating group) is 1. The van der Waals surface area contributed by atoms with Crippen molar-refractivity contribution in [3.8, 4) is 0 Å². The number of amides is 1. The molecule has 0 aliphatic carbocycles. The van der Waals surface area contributed by atoms with E-state index in [1.807, 2.05) is 7.05 Å². The molecule has 1 fully saturated rings. The van der Waals surface area contributed by atoms with Crippen LogP contribution in [-0.4, -0.2) is 37.0 Å². The quantitative estimate of drug-likeness (QED) is 0.866. The molecule has 1 N–H and O–H groups in total. The molecule has 1 atom stereocenters. The third kappa shape index (κ3) is 3.67. The number of benzene rings is 1. The maximum Gasteiger partial charge on any atom is 0.247 e. The number of hydrogen-bond acceptors (Lipinski definition) is 2. The van der Waals surface area contributed by atoms with Gasteiger partial charge in [0.1, 0.15) is 11.6 Å². The third-order valence-electron chi connectivity index (χ3n) is 3.80. The Bertz CT molecular complexity index is 557. The lowest BCUT2D eigenvalue weighted by Gasteiger charge is -2.23. The van der Waals surface area contributed by atoms with Gasteiger partial charge in [-0.1, -0.05) is 0 Å². The van der Waals surface area contributed by atoms with Gasteiger partial charge in [-0.3, -0.25) is 4.79 Å². The van der Waals surface area contributed by atoms with Gasteiger partial charge >= 0.3 is 0 Å². The van der Waals surface area contributed by atoms with E-state index in [2.05, 4.69) is 5.32 Å². The Morgan fingerprint density at radius 2 is 2.24 bits per heavy atom. The predicted octanol–water partition coefficient (Wildman–Crippen LogP) is 2.58. The Hall–Kier alpha value is -1.75. The lowest BCUT2D eigenvalue weighted by atomic mass is 10.1. The first-order valence-electron chi connectivity index (χ1n) is 7.12. The second kappa shape index (κ2) is 6.80. The lowest BCUT2D eigenvalue weighted by Crippen LogP contribution is -2.40. The van der Waals surface area contributed by atoms with Crippen molar-refractivity contribution in [3.05, 3.63) is 41.5 Å². The van der Waals surface area contributed by atoms with E-state index in [1.165, 1.54) is 18.2 Å². The molecule has 0 aromatic heterocycles. The molecular weight excluding hydrogens is 274 g/mol. The smallest absolute Gasteiger partial charge is 0.247 e. The molecule has 0 spiro atoms. The summed E-state index contributed by atoms with van der Waals surface area (Å²) in [6, 6.07) is 3.57. The molecule has 114 valence electrons. The maximum absolute atomic E-state index is 13.7. The fourth-order valence-electron chi connectivity index (χ4n) is 2.73. The standard InChI is InChI=1S/C16H20F2N2O/c1-11(14-6-5-12(17)9-15(14)18)8-16(21)20-7-3-4-13(20)10-19-2/h5-6,8-9,13,19H,3-4,7,10H2,1-2H3/b11-8-. The van der Waals surface area contributed by atoms with Crippen LogP contribution < -0.4 is 5.32 Å². The molecule has 1 aliphatic heterocycles. The molecule has 1 amide bonds. The molecule has 5 heteroatoms. The van der Waals surface area contributed by atoms with E-state index in [0.717, 1.165) is 32.0 Å². The predicted molar refractivity (Wildman–Crippen MR) is 78.7 cm³/mol. The monoisotopic (exact) mass is 294 g/mol. The van der Waals surface area contributed by atoms with Gasteiger partial charge in [0.15, 0.2) is 0 Å². The summed E-state index contributed by atoms with van der Waals surface area (Å²) in [6.07, 6.45) is 3.39. The molecule has 1 heterocycles. The summed E-state index contributed by atoms with van der Waals surface area (Å²) in [6.45, 7) is 3.14. The number of carbonyl (C=O) groups excluding carboxylic acids is 1. The zero-order valence-corrected chi connectivity index (χ0v) is 12.3. The van der Waals surface area contributed by atoms with E-state index < -0.39 is 11.6 Å². The van der Waals surface area contributed by atoms with Crippen LogP contribution in [0, 0.1) is 11.6 Å². The highest BCUT2D eigenvalue weighted by atomic mass is 19.1. The number of hydrogen-bond donors (Lipinski definition) is 1. The molecule has 1 aromatic carbocycles. The molecule has 2 rings (SSSR count). The van der Waals surface area contributed by atoms with Crippen LogP contribution in [0.5, 0.6) is 0 Å². The van der Waals surface area contributed by atoms with E-state index >= 15 is 0 Å². The van der Waals surface area contributed by atoms with Gasteiger partial charge in [-0.05, 0) is 44.5 Å². The van der Waals surface area contributed by atoms with Gasteiger partial charge in [0.25, 0.3) is 0 Å². The van der Waals surface area contributed by atoms with Crippen LogP contribution in [0.4, 0.5) is 8.78 Å². The van der Waals surface area contributed by atoms with Crippen molar-refractivity contribution in [2.75, 3.05) is 20.1 Å². The Morgan fingerprint density at radius 3 is 2.90 bits per heavy atom. The molecule has 1 saturated heterocycles. The Kier molecular flexibility index (Phi) is 5.07. The second-order valence-corrected chi connectivity index (χ2v) is 5.34. The molecule has 1 aromatic rings. The summed E-state index contributed by atoms with van der Waals surface area (Å²) in [5, 5.41) is 3.08. The van der Waals surface area contributed by atoms with Gasteiger partial charge in [0.2, 0.25) is 5.91 Å². The number of allylic oxidation sites excluding steroid dienone is 1. The zero-order chi connectivity index (χ0) is 15.4. The van der Waals surface area contributed by atoms with Crippen molar-refractivity contribution >= 4 is 11.5 Å². The Balaban J connectivity index is 2.16. The van der Waals surface area contributed by atoms with Crippen molar-refractivity contribution in [1.29, 1.82) is 0 Å². The van der Waals surface area contributed by atoms with Gasteiger partial charge in [0.05, 0.1) is 0 Å². The number of halogens is 2. The molecule has 3 nitrogen and oxygen atoms in total. The maximum atomic E-state index is 13.7. The molecule has 1 aliphatic rings. The average Bonchev–Trinajstić information content (AvgIpc) is 2.87. The highest BCUT2D eigenvalue weighted by molar-refractivity contribution is 5.95. The van der Waals surface area contributed by atoms with Crippen LogP contribution in [-0.2, 0) is 4.79 Å². The molecule has 0 bridgehead atoms. The number of nitrogens with one attached hydrogen (secondary N) is 1. The van der Waals surface area contributed by atoms with Crippen LogP contribution in [0.15, 0.2) is 24.3 Å². The third-order valence-corrected chi connectivity index (χ3v) is 3.80. The normalized spacial score (nSPS) is 19.1. The number of rotatable bonds is 4. The topological polar surface area (TPSA) is 32.3 Å². The van der Waals surface area contributed by atoms with Crippen molar-refractivity contribution in [3.63, 3.8) is 0 Å². The summed E-state index contributed by atoms with van der Waals surface area (Å²) in [5.41, 5.74) is 0.765. The first-order chi connectivity index (χ1) is 10.0. The Morgan fingerprint density at radius 1 is 1.48 bits per heavy atom. The fourth-order valence-corrected chi connectivity index (χ4v) is 2.73. The van der Waals surface area contributed by atoms with Gasteiger partial charge in [-0.2, -0.15) is 0 Å². The van der Waals surface area contributed by atoms with E-state index in [9.17, 15) is 13.6 Å². The molecule has 0 saturated carbocycles. The number of nitrogens with zero attached hydrogens (tertiary/aromatic N) is 1. The number of likely N-dealkylation sites (tertiary alicyclic amines) is 1. The highest BCUT2D eigenvalue weighted by Crippen LogP contribution is 2.21. The molecule has 21 heavy (non-hydrogen) atoms.